The van der Waals surface area contributed by atoms with Crippen LogP contribution in [0.3, 0.4) is 0 Å². The molecule has 7 nitrogen and oxygen atoms in total. The quantitative estimate of drug-likeness (QED) is 0.250. The molecule has 0 aliphatic rings. The highest BCUT2D eigenvalue weighted by atomic mass is 79.9. The summed E-state index contributed by atoms with van der Waals surface area (Å²) in [7, 11) is -4.15. The number of carbonyl (C=O) groups excluding carboxylic acids is 2. The Morgan fingerprint density at radius 2 is 1.65 bits per heavy atom. The molecule has 0 aliphatic heterocycles. The highest BCUT2D eigenvalue weighted by molar-refractivity contribution is 9.10. The first-order valence-corrected chi connectivity index (χ1v) is 15.7. The van der Waals surface area contributed by atoms with Crippen LogP contribution in [0.15, 0.2) is 76.1 Å². The molecule has 3 aromatic carbocycles. The first-order chi connectivity index (χ1) is 18.8. The number of hydrogen-bond donors (Lipinski definition) is 1. The molecule has 0 bridgehead atoms. The van der Waals surface area contributed by atoms with Gasteiger partial charge in [-0.3, -0.25) is 13.9 Å². The van der Waals surface area contributed by atoms with Crippen LogP contribution < -0.4 is 9.62 Å². The number of benzene rings is 3. The lowest BCUT2D eigenvalue weighted by atomic mass is 10.1. The first kappa shape index (κ1) is 31.9. The molecule has 0 radical (unpaired) electrons. The minimum absolute atomic E-state index is 0.0245. The molecular formula is C29H32BrCl2N3O4S. The third kappa shape index (κ3) is 8.00. The van der Waals surface area contributed by atoms with Gasteiger partial charge in [0, 0.05) is 17.1 Å². The second-order valence-electron chi connectivity index (χ2n) is 9.66. The van der Waals surface area contributed by atoms with Crippen molar-refractivity contribution in [1.29, 1.82) is 0 Å². The summed E-state index contributed by atoms with van der Waals surface area (Å²) in [6.45, 7) is 6.82. The smallest absolute Gasteiger partial charge is 0.264 e. The van der Waals surface area contributed by atoms with E-state index in [1.165, 1.54) is 17.0 Å². The van der Waals surface area contributed by atoms with Gasteiger partial charge in [0.25, 0.3) is 10.0 Å². The standard InChI is InChI=1S/C29H32BrCl2N3O4S/c1-5-27(29(37)33-19(2)3)34(17-21-11-14-25(31)26(32)15-21)28(36)18-35(23-8-6-7-22(30)16-23)40(38,39)24-12-9-20(4)10-13-24/h6-16,19,27H,5,17-18H2,1-4H3,(H,33,37)/t27-/m0/s1. The topological polar surface area (TPSA) is 86.8 Å². The Hall–Kier alpha value is -2.59. The van der Waals surface area contributed by atoms with Crippen LogP contribution in [0, 0.1) is 6.92 Å². The minimum atomic E-state index is -4.15. The van der Waals surface area contributed by atoms with Gasteiger partial charge in [0.15, 0.2) is 0 Å². The average Bonchev–Trinajstić information content (AvgIpc) is 2.88. The van der Waals surface area contributed by atoms with Crippen LogP contribution in [-0.2, 0) is 26.2 Å². The lowest BCUT2D eigenvalue weighted by molar-refractivity contribution is -0.140. The molecule has 0 saturated heterocycles. The number of anilines is 1. The van der Waals surface area contributed by atoms with Gasteiger partial charge in [-0.1, -0.05) is 75.9 Å². The number of rotatable bonds is 11. The molecule has 3 aromatic rings. The van der Waals surface area contributed by atoms with Crippen molar-refractivity contribution in [2.24, 2.45) is 0 Å². The monoisotopic (exact) mass is 667 g/mol. The summed E-state index contributed by atoms with van der Waals surface area (Å²) in [6.07, 6.45) is 0.313. The zero-order chi connectivity index (χ0) is 29.6. The largest absolute Gasteiger partial charge is 0.352 e. The fourth-order valence-corrected chi connectivity index (χ4v) is 6.25. The van der Waals surface area contributed by atoms with Crippen molar-refractivity contribution in [2.45, 2.75) is 57.6 Å². The average molecular weight is 669 g/mol. The van der Waals surface area contributed by atoms with E-state index >= 15 is 0 Å². The SMILES string of the molecule is CC[C@@H](C(=O)NC(C)C)N(Cc1ccc(Cl)c(Cl)c1)C(=O)CN(c1cccc(Br)c1)S(=O)(=O)c1ccc(C)cc1. The fourth-order valence-electron chi connectivity index (χ4n) is 4.13. The van der Waals surface area contributed by atoms with Gasteiger partial charge in [-0.15, -0.1) is 0 Å². The maximum atomic E-state index is 14.1. The fraction of sp³-hybridized carbons (Fsp3) is 0.310. The summed E-state index contributed by atoms with van der Waals surface area (Å²) in [5, 5.41) is 3.54. The van der Waals surface area contributed by atoms with Gasteiger partial charge in [-0.25, -0.2) is 8.42 Å². The van der Waals surface area contributed by atoms with Crippen LogP contribution in [-0.4, -0.2) is 43.8 Å². The normalized spacial score (nSPS) is 12.2. The number of carbonyl (C=O) groups is 2. The zero-order valence-electron chi connectivity index (χ0n) is 22.7. The van der Waals surface area contributed by atoms with E-state index in [2.05, 4.69) is 21.2 Å². The summed E-state index contributed by atoms with van der Waals surface area (Å²) in [6, 6.07) is 17.1. The lowest BCUT2D eigenvalue weighted by Gasteiger charge is -2.33. The van der Waals surface area contributed by atoms with Crippen LogP contribution in [0.5, 0.6) is 0 Å². The molecule has 3 rings (SSSR count). The Kier molecular flexibility index (Phi) is 11.1. The van der Waals surface area contributed by atoms with Crippen LogP contribution in [0.4, 0.5) is 5.69 Å². The third-order valence-corrected chi connectivity index (χ3v) is 9.16. The lowest BCUT2D eigenvalue weighted by Crippen LogP contribution is -2.53. The van der Waals surface area contributed by atoms with E-state index in [4.69, 9.17) is 23.2 Å². The van der Waals surface area contributed by atoms with Crippen LogP contribution in [0.25, 0.3) is 0 Å². The van der Waals surface area contributed by atoms with Crippen LogP contribution in [0.1, 0.15) is 38.3 Å². The van der Waals surface area contributed by atoms with E-state index in [0.717, 1.165) is 9.87 Å². The maximum absolute atomic E-state index is 14.1. The molecule has 0 saturated carbocycles. The number of hydrogen-bond acceptors (Lipinski definition) is 4. The number of aryl methyl sites for hydroxylation is 1. The van der Waals surface area contributed by atoms with Gasteiger partial charge < -0.3 is 10.2 Å². The van der Waals surface area contributed by atoms with Crippen LogP contribution >= 0.6 is 39.1 Å². The number of amides is 2. The van der Waals surface area contributed by atoms with Crippen molar-refractivity contribution in [3.8, 4) is 0 Å². The predicted molar refractivity (Wildman–Crippen MR) is 164 cm³/mol. The molecular weight excluding hydrogens is 637 g/mol. The highest BCUT2D eigenvalue weighted by Gasteiger charge is 2.34. The molecule has 11 heteroatoms. The van der Waals surface area contributed by atoms with Gasteiger partial charge in [-0.05, 0) is 75.2 Å². The van der Waals surface area contributed by atoms with Crippen LogP contribution in [0.2, 0.25) is 10.0 Å². The summed E-state index contributed by atoms with van der Waals surface area (Å²) in [5.41, 5.74) is 1.85. The van der Waals surface area contributed by atoms with E-state index in [1.807, 2.05) is 20.8 Å². The van der Waals surface area contributed by atoms with Crippen molar-refractivity contribution in [1.82, 2.24) is 10.2 Å². The van der Waals surface area contributed by atoms with E-state index in [9.17, 15) is 18.0 Å². The maximum Gasteiger partial charge on any atom is 0.264 e. The second kappa shape index (κ2) is 13.9. The summed E-state index contributed by atoms with van der Waals surface area (Å²) in [5.74, 6) is -0.881. The van der Waals surface area contributed by atoms with E-state index in [0.29, 0.717) is 32.2 Å². The Morgan fingerprint density at radius 3 is 2.23 bits per heavy atom. The van der Waals surface area contributed by atoms with Gasteiger partial charge in [0.1, 0.15) is 12.6 Å². The Bertz CT molecular complexity index is 1470. The second-order valence-corrected chi connectivity index (χ2v) is 13.3. The Balaban J connectivity index is 2.08. The Labute approximate surface area is 254 Å². The molecule has 1 atom stereocenters. The van der Waals surface area contributed by atoms with E-state index < -0.39 is 28.5 Å². The number of halogens is 3. The summed E-state index contributed by atoms with van der Waals surface area (Å²) >= 11 is 15.7. The van der Waals surface area contributed by atoms with Gasteiger partial charge in [0.05, 0.1) is 20.6 Å². The van der Waals surface area contributed by atoms with E-state index in [-0.39, 0.29) is 23.4 Å². The van der Waals surface area contributed by atoms with Crippen molar-refractivity contribution < 1.29 is 18.0 Å². The van der Waals surface area contributed by atoms with Gasteiger partial charge >= 0.3 is 0 Å². The molecule has 2 amide bonds. The van der Waals surface area contributed by atoms with E-state index in [1.54, 1.807) is 61.5 Å². The molecule has 0 fully saturated rings. The molecule has 0 unspecified atom stereocenters. The Morgan fingerprint density at radius 1 is 0.975 bits per heavy atom. The molecule has 0 spiro atoms. The highest BCUT2D eigenvalue weighted by Crippen LogP contribution is 2.28. The summed E-state index contributed by atoms with van der Waals surface area (Å²) < 4.78 is 29.5. The van der Waals surface area contributed by atoms with Crippen molar-refractivity contribution >= 4 is 66.7 Å². The minimum Gasteiger partial charge on any atom is -0.352 e. The third-order valence-electron chi connectivity index (χ3n) is 6.14. The molecule has 0 aliphatic carbocycles. The number of sulfonamides is 1. The predicted octanol–water partition coefficient (Wildman–Crippen LogP) is 6.59. The first-order valence-electron chi connectivity index (χ1n) is 12.7. The van der Waals surface area contributed by atoms with Crippen molar-refractivity contribution in [3.63, 3.8) is 0 Å². The zero-order valence-corrected chi connectivity index (χ0v) is 26.6. The molecule has 0 heterocycles. The van der Waals surface area contributed by atoms with Crippen molar-refractivity contribution in [2.75, 3.05) is 10.8 Å². The molecule has 40 heavy (non-hydrogen) atoms. The van der Waals surface area contributed by atoms with Gasteiger partial charge in [0.2, 0.25) is 11.8 Å². The molecule has 0 aromatic heterocycles. The number of nitrogens with zero attached hydrogens (tertiary/aromatic N) is 2. The molecule has 214 valence electrons. The number of nitrogens with one attached hydrogen (secondary N) is 1. The van der Waals surface area contributed by atoms with Gasteiger partial charge in [-0.2, -0.15) is 0 Å². The summed E-state index contributed by atoms with van der Waals surface area (Å²) in [4.78, 5) is 28.7. The van der Waals surface area contributed by atoms with Crippen molar-refractivity contribution in [3.05, 3.63) is 92.4 Å². The molecule has 1 N–H and O–H groups in total.